The maximum atomic E-state index is 13.2. The van der Waals surface area contributed by atoms with Gasteiger partial charge in [-0.25, -0.2) is 8.78 Å². The van der Waals surface area contributed by atoms with Crippen LogP contribution in [0.3, 0.4) is 0 Å². The molecule has 156 valence electrons. The quantitative estimate of drug-likeness (QED) is 0.770. The van der Waals surface area contributed by atoms with Crippen LogP contribution in [0.15, 0.2) is 24.3 Å². The number of likely N-dealkylation sites (tertiary alicyclic amines) is 1. The van der Waals surface area contributed by atoms with Crippen LogP contribution in [0.25, 0.3) is 0 Å². The van der Waals surface area contributed by atoms with E-state index >= 15 is 0 Å². The largest absolute Gasteiger partial charge is 0.494 e. The van der Waals surface area contributed by atoms with Crippen LogP contribution in [0, 0.1) is 0 Å². The highest BCUT2D eigenvalue weighted by Crippen LogP contribution is 2.25. The number of ether oxygens (including phenoxy) is 1. The monoisotopic (exact) mass is 417 g/mol. The molecule has 1 aromatic carbocycles. The molecule has 2 heterocycles. The Morgan fingerprint density at radius 2 is 1.89 bits per heavy atom. The Kier molecular flexibility index (Phi) is 7.60. The van der Waals surface area contributed by atoms with Crippen molar-refractivity contribution in [3.05, 3.63) is 29.8 Å². The molecule has 6 nitrogen and oxygen atoms in total. The van der Waals surface area contributed by atoms with Crippen molar-refractivity contribution < 1.29 is 23.1 Å². The van der Waals surface area contributed by atoms with Crippen molar-refractivity contribution in [2.75, 3.05) is 26.2 Å². The SMILES string of the molecule is CCOc1ccc(C(=O)N2CCC(NC(=O)C3CC(F)(F)CN3)CC2)cc1.Cl. The van der Waals surface area contributed by atoms with Crippen LogP contribution in [0.2, 0.25) is 0 Å². The lowest BCUT2D eigenvalue weighted by molar-refractivity contribution is -0.124. The molecule has 2 fully saturated rings. The number of benzene rings is 1. The van der Waals surface area contributed by atoms with Crippen molar-refractivity contribution in [3.8, 4) is 5.75 Å². The molecule has 2 aliphatic heterocycles. The van der Waals surface area contributed by atoms with Crippen molar-refractivity contribution in [2.45, 2.75) is 44.2 Å². The maximum Gasteiger partial charge on any atom is 0.262 e. The number of carbonyl (C=O) groups excluding carboxylic acids is 2. The van der Waals surface area contributed by atoms with E-state index in [1.165, 1.54) is 0 Å². The Labute approximate surface area is 169 Å². The highest BCUT2D eigenvalue weighted by molar-refractivity contribution is 5.94. The summed E-state index contributed by atoms with van der Waals surface area (Å²) < 4.78 is 31.8. The van der Waals surface area contributed by atoms with E-state index in [4.69, 9.17) is 4.74 Å². The van der Waals surface area contributed by atoms with Crippen molar-refractivity contribution in [3.63, 3.8) is 0 Å². The first-order chi connectivity index (χ1) is 12.9. The Morgan fingerprint density at radius 1 is 1.25 bits per heavy atom. The summed E-state index contributed by atoms with van der Waals surface area (Å²) in [7, 11) is 0. The zero-order valence-corrected chi connectivity index (χ0v) is 16.6. The average Bonchev–Trinajstić information content (AvgIpc) is 3.03. The smallest absolute Gasteiger partial charge is 0.262 e. The van der Waals surface area contributed by atoms with E-state index in [9.17, 15) is 18.4 Å². The van der Waals surface area contributed by atoms with Crippen molar-refractivity contribution in [1.82, 2.24) is 15.5 Å². The molecule has 0 spiro atoms. The second-order valence-corrected chi connectivity index (χ2v) is 7.03. The zero-order chi connectivity index (χ0) is 19.4. The summed E-state index contributed by atoms with van der Waals surface area (Å²) in [4.78, 5) is 26.5. The fourth-order valence-electron chi connectivity index (χ4n) is 3.47. The van der Waals surface area contributed by atoms with Gasteiger partial charge in [-0.1, -0.05) is 0 Å². The lowest BCUT2D eigenvalue weighted by Crippen LogP contribution is -2.50. The van der Waals surface area contributed by atoms with Gasteiger partial charge in [-0.05, 0) is 44.0 Å². The van der Waals surface area contributed by atoms with Gasteiger partial charge in [0, 0.05) is 31.1 Å². The van der Waals surface area contributed by atoms with Gasteiger partial charge in [0.25, 0.3) is 11.8 Å². The average molecular weight is 418 g/mol. The van der Waals surface area contributed by atoms with Crippen LogP contribution in [-0.2, 0) is 4.79 Å². The normalized spacial score (nSPS) is 21.7. The summed E-state index contributed by atoms with van der Waals surface area (Å²) in [6.45, 7) is 3.05. The molecule has 1 aromatic rings. The Hall–Kier alpha value is -1.93. The Balaban J connectivity index is 0.00000280. The van der Waals surface area contributed by atoms with Crippen LogP contribution in [0.5, 0.6) is 5.75 Å². The summed E-state index contributed by atoms with van der Waals surface area (Å²) in [5.74, 6) is -2.54. The summed E-state index contributed by atoms with van der Waals surface area (Å²) in [5.41, 5.74) is 0.596. The maximum absolute atomic E-state index is 13.2. The minimum atomic E-state index is -2.82. The molecule has 28 heavy (non-hydrogen) atoms. The molecule has 0 bridgehead atoms. The number of rotatable bonds is 5. The van der Waals surface area contributed by atoms with E-state index in [1.807, 2.05) is 6.92 Å². The first kappa shape index (κ1) is 22.4. The molecule has 9 heteroatoms. The molecule has 0 saturated carbocycles. The third-order valence-corrected chi connectivity index (χ3v) is 4.97. The van der Waals surface area contributed by atoms with Gasteiger partial charge in [0.2, 0.25) is 5.91 Å². The van der Waals surface area contributed by atoms with Crippen molar-refractivity contribution in [2.24, 2.45) is 0 Å². The van der Waals surface area contributed by atoms with Crippen LogP contribution in [-0.4, -0.2) is 61.0 Å². The first-order valence-corrected chi connectivity index (χ1v) is 9.31. The van der Waals surface area contributed by atoms with Crippen molar-refractivity contribution >= 4 is 24.2 Å². The number of nitrogens with one attached hydrogen (secondary N) is 2. The molecule has 0 aliphatic carbocycles. The third-order valence-electron chi connectivity index (χ3n) is 4.97. The molecule has 2 N–H and O–H groups in total. The molecular weight excluding hydrogens is 392 g/mol. The van der Waals surface area contributed by atoms with Crippen LogP contribution in [0.1, 0.15) is 36.5 Å². The standard InChI is InChI=1S/C19H25F2N3O3.ClH/c1-2-27-15-5-3-13(4-6-15)18(26)24-9-7-14(8-10-24)23-17(25)16-11-19(20,21)12-22-16;/h3-6,14,16,22H,2,7-12H2,1H3,(H,23,25);1H. The molecule has 0 aromatic heterocycles. The third kappa shape index (κ3) is 5.54. The molecule has 1 unspecified atom stereocenters. The topological polar surface area (TPSA) is 70.7 Å². The summed E-state index contributed by atoms with van der Waals surface area (Å²) in [5, 5.41) is 5.39. The number of carbonyl (C=O) groups is 2. The second-order valence-electron chi connectivity index (χ2n) is 7.03. The van der Waals surface area contributed by atoms with Gasteiger partial charge in [-0.3, -0.25) is 14.9 Å². The fraction of sp³-hybridized carbons (Fsp3) is 0.579. The zero-order valence-electron chi connectivity index (χ0n) is 15.7. The van der Waals surface area contributed by atoms with Gasteiger partial charge >= 0.3 is 0 Å². The molecular formula is C19H26ClF2N3O3. The van der Waals surface area contributed by atoms with Gasteiger partial charge in [0.05, 0.1) is 19.2 Å². The van der Waals surface area contributed by atoms with Crippen molar-refractivity contribution in [1.29, 1.82) is 0 Å². The van der Waals surface area contributed by atoms with Gasteiger partial charge in [-0.15, -0.1) is 12.4 Å². The van der Waals surface area contributed by atoms with Gasteiger partial charge in [0.1, 0.15) is 5.75 Å². The fourth-order valence-corrected chi connectivity index (χ4v) is 3.47. The highest BCUT2D eigenvalue weighted by Gasteiger charge is 2.42. The van der Waals surface area contributed by atoms with E-state index in [1.54, 1.807) is 29.2 Å². The summed E-state index contributed by atoms with van der Waals surface area (Å²) in [6, 6.07) is 6.09. The second kappa shape index (κ2) is 9.52. The van der Waals surface area contributed by atoms with Gasteiger partial charge < -0.3 is 15.0 Å². The molecule has 1 atom stereocenters. The lowest BCUT2D eigenvalue weighted by atomic mass is 10.0. The van der Waals surface area contributed by atoms with Gasteiger partial charge in [-0.2, -0.15) is 0 Å². The predicted molar refractivity (Wildman–Crippen MR) is 103 cm³/mol. The number of halogens is 3. The number of nitrogens with zero attached hydrogens (tertiary/aromatic N) is 1. The summed E-state index contributed by atoms with van der Waals surface area (Å²) >= 11 is 0. The summed E-state index contributed by atoms with van der Waals surface area (Å²) in [6.07, 6.45) is 0.753. The van der Waals surface area contributed by atoms with E-state index in [0.29, 0.717) is 38.1 Å². The molecule has 3 rings (SSSR count). The van der Waals surface area contributed by atoms with Crippen LogP contribution >= 0.6 is 12.4 Å². The molecule has 0 radical (unpaired) electrons. The number of piperidine rings is 1. The minimum absolute atomic E-state index is 0. The Bertz CT molecular complexity index is 680. The van der Waals surface area contributed by atoms with E-state index < -0.39 is 24.9 Å². The van der Waals surface area contributed by atoms with Gasteiger partial charge in [0.15, 0.2) is 0 Å². The van der Waals surface area contributed by atoms with Crippen LogP contribution in [0.4, 0.5) is 8.78 Å². The Morgan fingerprint density at radius 3 is 2.43 bits per heavy atom. The number of hydrogen-bond acceptors (Lipinski definition) is 4. The first-order valence-electron chi connectivity index (χ1n) is 9.31. The van der Waals surface area contributed by atoms with Crippen LogP contribution < -0.4 is 15.4 Å². The van der Waals surface area contributed by atoms with E-state index in [0.717, 1.165) is 5.75 Å². The number of alkyl halides is 2. The predicted octanol–water partition coefficient (Wildman–Crippen LogP) is 2.23. The molecule has 2 amide bonds. The number of hydrogen-bond donors (Lipinski definition) is 2. The molecule has 2 aliphatic rings. The van der Waals surface area contributed by atoms with E-state index in [-0.39, 0.29) is 30.3 Å². The van der Waals surface area contributed by atoms with E-state index in [2.05, 4.69) is 10.6 Å². The number of amides is 2. The lowest BCUT2D eigenvalue weighted by Gasteiger charge is -2.33. The highest BCUT2D eigenvalue weighted by atomic mass is 35.5. The molecule has 2 saturated heterocycles. The minimum Gasteiger partial charge on any atom is -0.494 e.